The van der Waals surface area contributed by atoms with Crippen molar-refractivity contribution in [3.63, 3.8) is 0 Å². The fourth-order valence-corrected chi connectivity index (χ4v) is 4.50. The van der Waals surface area contributed by atoms with Gasteiger partial charge in [-0.05, 0) is 57.4 Å². The fourth-order valence-electron chi connectivity index (χ4n) is 1.50. The molecular weight excluding hydrogens is 337 g/mol. The molecule has 0 aliphatic heterocycles. The summed E-state index contributed by atoms with van der Waals surface area (Å²) in [6.07, 6.45) is 8.74. The molecule has 0 aromatic heterocycles. The van der Waals surface area contributed by atoms with Gasteiger partial charge in [0.05, 0.1) is 37.0 Å². The molecule has 0 aromatic rings. The first-order chi connectivity index (χ1) is 6.69. The maximum absolute atomic E-state index is 2.31. The molecular formula is C14H38P2Pd+2. The molecule has 0 atom stereocenters. The van der Waals surface area contributed by atoms with Gasteiger partial charge in [0.15, 0.2) is 0 Å². The van der Waals surface area contributed by atoms with Crippen molar-refractivity contribution >= 4 is 15.8 Å². The Morgan fingerprint density at radius 3 is 0.588 bits per heavy atom. The van der Waals surface area contributed by atoms with E-state index < -0.39 is 0 Å². The summed E-state index contributed by atoms with van der Waals surface area (Å²) in [5.41, 5.74) is 0. The van der Waals surface area contributed by atoms with Gasteiger partial charge in [-0.15, -0.1) is 0 Å². The molecule has 0 spiro atoms. The van der Waals surface area contributed by atoms with Gasteiger partial charge in [-0.1, -0.05) is 0 Å². The molecule has 0 heterocycles. The van der Waals surface area contributed by atoms with Crippen LogP contribution in [0.5, 0.6) is 0 Å². The molecule has 0 aliphatic rings. The maximum atomic E-state index is 2.31. The Hall–Kier alpha value is 1.52. The van der Waals surface area contributed by atoms with Gasteiger partial charge in [-0.2, -0.15) is 0 Å². The van der Waals surface area contributed by atoms with Gasteiger partial charge in [0.25, 0.3) is 0 Å². The average Bonchev–Trinajstić information content (AvgIpc) is 2.24. The molecule has 0 aliphatic carbocycles. The van der Waals surface area contributed by atoms with E-state index in [-0.39, 0.29) is 51.1 Å². The summed E-state index contributed by atoms with van der Waals surface area (Å²) in [6.45, 7) is 13.8. The normalized spacial score (nSPS) is 8.47. The summed E-state index contributed by atoms with van der Waals surface area (Å²) in [4.78, 5) is 0. The Morgan fingerprint density at radius 1 is 0.471 bits per heavy atom. The second-order valence-corrected chi connectivity index (χ2v) is 10.9. The van der Waals surface area contributed by atoms with E-state index in [0.717, 1.165) is 0 Å². The standard InChI is InChI=1S/2C6H15P.2CH3.Pd/c2*1-4-7(5-2)6-3;;;/h2*4-6H2,1-3H3;2*1H3;/q;;2*-1;+2/p+2. The van der Waals surface area contributed by atoms with Crippen LogP contribution < -0.4 is 0 Å². The van der Waals surface area contributed by atoms with E-state index >= 15 is 0 Å². The van der Waals surface area contributed by atoms with Gasteiger partial charge in [0.1, 0.15) is 0 Å². The topological polar surface area (TPSA) is 0 Å². The molecule has 0 saturated heterocycles. The summed E-state index contributed by atoms with van der Waals surface area (Å²) in [6, 6.07) is 0. The minimum Gasteiger partial charge on any atom is -0.358 e. The average molecular weight is 375 g/mol. The minimum absolute atomic E-state index is 0. The van der Waals surface area contributed by atoms with E-state index in [1.807, 2.05) is 0 Å². The van der Waals surface area contributed by atoms with Gasteiger partial charge >= 0.3 is 20.4 Å². The molecule has 0 amide bonds. The van der Waals surface area contributed by atoms with Crippen molar-refractivity contribution in [1.82, 2.24) is 0 Å². The minimum atomic E-state index is 0. The SMILES string of the molecule is CC[PH+](CC)CC.CC[PH+](CC)CC.[CH3-].[CH3-].[Pd+2]. The van der Waals surface area contributed by atoms with E-state index in [1.165, 1.54) is 37.0 Å². The number of rotatable bonds is 6. The van der Waals surface area contributed by atoms with Crippen molar-refractivity contribution in [1.29, 1.82) is 0 Å². The Bertz CT molecular complexity index is 69.2. The molecule has 0 saturated carbocycles. The van der Waals surface area contributed by atoms with Crippen molar-refractivity contribution in [2.75, 3.05) is 37.0 Å². The Morgan fingerprint density at radius 2 is 0.588 bits per heavy atom. The van der Waals surface area contributed by atoms with Crippen LogP contribution in [0.2, 0.25) is 0 Å². The van der Waals surface area contributed by atoms with Crippen LogP contribution in [0, 0.1) is 14.9 Å². The number of hydrogen-bond acceptors (Lipinski definition) is 0. The van der Waals surface area contributed by atoms with E-state index in [4.69, 9.17) is 0 Å². The van der Waals surface area contributed by atoms with Crippen molar-refractivity contribution in [2.24, 2.45) is 0 Å². The molecule has 17 heavy (non-hydrogen) atoms. The van der Waals surface area contributed by atoms with Gasteiger partial charge in [0, 0.05) is 0 Å². The quantitative estimate of drug-likeness (QED) is 0.331. The summed E-state index contributed by atoms with van der Waals surface area (Å²) in [5, 5.41) is 0. The summed E-state index contributed by atoms with van der Waals surface area (Å²) < 4.78 is 0. The summed E-state index contributed by atoms with van der Waals surface area (Å²) in [7, 11) is 0.275. The first-order valence-corrected chi connectivity index (χ1v) is 10.6. The second-order valence-electron chi connectivity index (χ2n) is 3.62. The van der Waals surface area contributed by atoms with E-state index in [9.17, 15) is 0 Å². The van der Waals surface area contributed by atoms with Crippen molar-refractivity contribution in [3.05, 3.63) is 14.9 Å². The molecule has 0 fully saturated rings. The zero-order chi connectivity index (χ0) is 11.4. The molecule has 0 rings (SSSR count). The predicted molar refractivity (Wildman–Crippen MR) is 92.7 cm³/mol. The Labute approximate surface area is 129 Å². The molecule has 112 valence electrons. The van der Waals surface area contributed by atoms with Crippen LogP contribution in [0.4, 0.5) is 0 Å². The third kappa shape index (κ3) is 23.1. The second kappa shape index (κ2) is 26.2. The smallest absolute Gasteiger partial charge is 0.358 e. The van der Waals surface area contributed by atoms with E-state index in [2.05, 4.69) is 41.5 Å². The molecule has 0 radical (unpaired) electrons. The summed E-state index contributed by atoms with van der Waals surface area (Å²) >= 11 is 0. The largest absolute Gasteiger partial charge is 2.00 e. The summed E-state index contributed by atoms with van der Waals surface area (Å²) in [5.74, 6) is 0. The van der Waals surface area contributed by atoms with Crippen LogP contribution in [0.25, 0.3) is 0 Å². The zero-order valence-electron chi connectivity index (χ0n) is 13.6. The Balaban J connectivity index is -0.0000000480. The van der Waals surface area contributed by atoms with Gasteiger partial charge in [0.2, 0.25) is 0 Å². The fraction of sp³-hybridized carbons (Fsp3) is 0.857. The van der Waals surface area contributed by atoms with Crippen molar-refractivity contribution in [3.8, 4) is 0 Å². The van der Waals surface area contributed by atoms with Crippen molar-refractivity contribution in [2.45, 2.75) is 41.5 Å². The zero-order valence-corrected chi connectivity index (χ0v) is 17.1. The molecule has 0 unspecified atom stereocenters. The molecule has 0 aromatic carbocycles. The van der Waals surface area contributed by atoms with E-state index in [1.54, 1.807) is 0 Å². The van der Waals surface area contributed by atoms with Crippen LogP contribution in [-0.2, 0) is 20.4 Å². The third-order valence-electron chi connectivity index (χ3n) is 3.00. The monoisotopic (exact) mass is 374 g/mol. The molecule has 3 heteroatoms. The van der Waals surface area contributed by atoms with Crippen LogP contribution in [0.1, 0.15) is 41.5 Å². The number of hydrogen-bond donors (Lipinski definition) is 0. The first kappa shape index (κ1) is 31.1. The van der Waals surface area contributed by atoms with Crippen LogP contribution in [0.15, 0.2) is 0 Å². The molecule has 0 bridgehead atoms. The van der Waals surface area contributed by atoms with Crippen LogP contribution in [0.3, 0.4) is 0 Å². The van der Waals surface area contributed by atoms with Gasteiger partial charge in [-0.3, -0.25) is 0 Å². The van der Waals surface area contributed by atoms with Crippen LogP contribution >= 0.6 is 15.8 Å². The molecule has 0 N–H and O–H groups in total. The Kier molecular flexibility index (Phi) is 47.9. The first-order valence-electron chi connectivity index (χ1n) is 6.36. The maximum Gasteiger partial charge on any atom is 2.00 e. The molecule has 0 nitrogen and oxygen atoms in total. The predicted octanol–water partition coefficient (Wildman–Crippen LogP) is 5.42. The van der Waals surface area contributed by atoms with Crippen LogP contribution in [-0.4, -0.2) is 37.0 Å². The van der Waals surface area contributed by atoms with Gasteiger partial charge < -0.3 is 14.9 Å². The van der Waals surface area contributed by atoms with Gasteiger partial charge in [-0.25, -0.2) is 0 Å². The van der Waals surface area contributed by atoms with E-state index in [0.29, 0.717) is 0 Å². The van der Waals surface area contributed by atoms with Crippen molar-refractivity contribution < 1.29 is 20.4 Å². The third-order valence-corrected chi connectivity index (χ3v) is 9.00.